The SMILES string of the molecule is O=C(/C=C/c1ccc(Br)s1)NCC1(O)CCOC1. The van der Waals surface area contributed by atoms with Crippen LogP contribution in [0.25, 0.3) is 6.08 Å². The Balaban J connectivity index is 1.80. The van der Waals surface area contributed by atoms with Crippen LogP contribution in [0.1, 0.15) is 11.3 Å². The summed E-state index contributed by atoms with van der Waals surface area (Å²) in [4.78, 5) is 12.6. The lowest BCUT2D eigenvalue weighted by Gasteiger charge is -2.19. The van der Waals surface area contributed by atoms with Gasteiger partial charge in [-0.05, 0) is 34.1 Å². The highest BCUT2D eigenvalue weighted by atomic mass is 79.9. The molecule has 0 bridgehead atoms. The minimum Gasteiger partial charge on any atom is -0.386 e. The smallest absolute Gasteiger partial charge is 0.244 e. The third-order valence-corrected chi connectivity index (χ3v) is 4.26. The largest absolute Gasteiger partial charge is 0.386 e. The zero-order chi connectivity index (χ0) is 13.0. The van der Waals surface area contributed by atoms with E-state index in [1.807, 2.05) is 12.1 Å². The summed E-state index contributed by atoms with van der Waals surface area (Å²) in [6.45, 7) is 1.06. The first kappa shape index (κ1) is 13.7. The summed E-state index contributed by atoms with van der Waals surface area (Å²) in [6.07, 6.45) is 3.78. The predicted molar refractivity (Wildman–Crippen MR) is 74.4 cm³/mol. The highest BCUT2D eigenvalue weighted by Crippen LogP contribution is 2.23. The topological polar surface area (TPSA) is 58.6 Å². The van der Waals surface area contributed by atoms with E-state index in [1.165, 1.54) is 6.08 Å². The molecule has 2 heterocycles. The molecule has 0 aromatic carbocycles. The Morgan fingerprint density at radius 2 is 2.50 bits per heavy atom. The number of hydrogen-bond donors (Lipinski definition) is 2. The van der Waals surface area contributed by atoms with Crippen molar-refractivity contribution in [1.82, 2.24) is 5.32 Å². The van der Waals surface area contributed by atoms with Gasteiger partial charge in [0.15, 0.2) is 0 Å². The van der Waals surface area contributed by atoms with Gasteiger partial charge < -0.3 is 15.2 Å². The Morgan fingerprint density at radius 1 is 1.67 bits per heavy atom. The van der Waals surface area contributed by atoms with Crippen LogP contribution < -0.4 is 5.32 Å². The maximum Gasteiger partial charge on any atom is 0.244 e. The van der Waals surface area contributed by atoms with Crippen LogP contribution in [-0.4, -0.2) is 36.4 Å². The van der Waals surface area contributed by atoms with Gasteiger partial charge in [-0.15, -0.1) is 11.3 Å². The zero-order valence-corrected chi connectivity index (χ0v) is 12.1. The van der Waals surface area contributed by atoms with Crippen LogP contribution in [0.4, 0.5) is 0 Å². The van der Waals surface area contributed by atoms with Gasteiger partial charge in [0, 0.05) is 30.5 Å². The average molecular weight is 332 g/mol. The summed E-state index contributed by atoms with van der Waals surface area (Å²) in [7, 11) is 0. The summed E-state index contributed by atoms with van der Waals surface area (Å²) in [6, 6.07) is 3.86. The maximum atomic E-state index is 11.6. The zero-order valence-electron chi connectivity index (χ0n) is 9.69. The van der Waals surface area contributed by atoms with Crippen LogP contribution in [0, 0.1) is 0 Å². The molecule has 1 atom stereocenters. The number of thiophene rings is 1. The molecule has 1 saturated heterocycles. The minimum absolute atomic E-state index is 0.208. The Bertz CT molecular complexity index is 452. The second-order valence-corrected chi connectivity index (χ2v) is 6.71. The van der Waals surface area contributed by atoms with Gasteiger partial charge in [0.1, 0.15) is 5.60 Å². The van der Waals surface area contributed by atoms with Gasteiger partial charge >= 0.3 is 0 Å². The first-order chi connectivity index (χ1) is 8.57. The Labute approximate surface area is 118 Å². The molecule has 18 heavy (non-hydrogen) atoms. The summed E-state index contributed by atoms with van der Waals surface area (Å²) in [5.74, 6) is -0.208. The molecule has 2 N–H and O–H groups in total. The third kappa shape index (κ3) is 3.91. The van der Waals surface area contributed by atoms with Gasteiger partial charge in [0.05, 0.1) is 10.4 Å². The van der Waals surface area contributed by atoms with E-state index in [1.54, 1.807) is 17.4 Å². The summed E-state index contributed by atoms with van der Waals surface area (Å²) >= 11 is 4.91. The molecule has 0 aliphatic carbocycles. The molecule has 2 rings (SSSR count). The van der Waals surface area contributed by atoms with Crippen molar-refractivity contribution in [1.29, 1.82) is 0 Å². The molecule has 6 heteroatoms. The number of hydrogen-bond acceptors (Lipinski definition) is 4. The van der Waals surface area contributed by atoms with Crippen molar-refractivity contribution in [3.63, 3.8) is 0 Å². The molecular formula is C12H14BrNO3S. The molecule has 1 amide bonds. The van der Waals surface area contributed by atoms with Crippen molar-refractivity contribution in [2.45, 2.75) is 12.0 Å². The summed E-state index contributed by atoms with van der Waals surface area (Å²) < 4.78 is 6.13. The van der Waals surface area contributed by atoms with E-state index in [-0.39, 0.29) is 19.1 Å². The van der Waals surface area contributed by atoms with Crippen molar-refractivity contribution in [3.8, 4) is 0 Å². The number of ether oxygens (including phenoxy) is 1. The number of carbonyl (C=O) groups is 1. The van der Waals surface area contributed by atoms with E-state index in [2.05, 4.69) is 21.2 Å². The van der Waals surface area contributed by atoms with Gasteiger partial charge in [-0.25, -0.2) is 0 Å². The molecule has 0 saturated carbocycles. The van der Waals surface area contributed by atoms with E-state index in [0.717, 1.165) is 8.66 Å². The highest BCUT2D eigenvalue weighted by molar-refractivity contribution is 9.11. The fourth-order valence-electron chi connectivity index (χ4n) is 1.62. The summed E-state index contributed by atoms with van der Waals surface area (Å²) in [5.41, 5.74) is -0.907. The molecule has 98 valence electrons. The van der Waals surface area contributed by atoms with Crippen LogP contribution in [0.3, 0.4) is 0 Å². The van der Waals surface area contributed by atoms with E-state index in [4.69, 9.17) is 4.74 Å². The van der Waals surface area contributed by atoms with Crippen molar-refractivity contribution >= 4 is 39.2 Å². The number of halogens is 1. The molecule has 1 aromatic rings. The van der Waals surface area contributed by atoms with E-state index in [0.29, 0.717) is 13.0 Å². The lowest BCUT2D eigenvalue weighted by atomic mass is 10.0. The molecule has 4 nitrogen and oxygen atoms in total. The normalized spacial score (nSPS) is 23.7. The fraction of sp³-hybridized carbons (Fsp3) is 0.417. The summed E-state index contributed by atoms with van der Waals surface area (Å²) in [5, 5.41) is 12.6. The van der Waals surface area contributed by atoms with Gasteiger partial charge in [-0.2, -0.15) is 0 Å². The standard InChI is InChI=1S/C12H14BrNO3S/c13-10-3-1-9(18-10)2-4-11(15)14-7-12(16)5-6-17-8-12/h1-4,16H,5-8H2,(H,14,15)/b4-2+. The van der Waals surface area contributed by atoms with Crippen LogP contribution in [0.2, 0.25) is 0 Å². The number of nitrogens with one attached hydrogen (secondary N) is 1. The molecule has 0 spiro atoms. The highest BCUT2D eigenvalue weighted by Gasteiger charge is 2.32. The first-order valence-corrected chi connectivity index (χ1v) is 7.20. The van der Waals surface area contributed by atoms with Crippen LogP contribution in [0.5, 0.6) is 0 Å². The van der Waals surface area contributed by atoms with Crippen LogP contribution in [-0.2, 0) is 9.53 Å². The Morgan fingerprint density at radius 3 is 3.11 bits per heavy atom. The molecule has 1 aliphatic rings. The lowest BCUT2D eigenvalue weighted by molar-refractivity contribution is -0.117. The molecule has 0 radical (unpaired) electrons. The van der Waals surface area contributed by atoms with E-state index >= 15 is 0 Å². The molecule has 1 aliphatic heterocycles. The second kappa shape index (κ2) is 5.97. The number of rotatable bonds is 4. The van der Waals surface area contributed by atoms with Gasteiger partial charge in [-0.3, -0.25) is 4.79 Å². The first-order valence-electron chi connectivity index (χ1n) is 5.59. The van der Waals surface area contributed by atoms with E-state index in [9.17, 15) is 9.90 Å². The molecule has 1 aromatic heterocycles. The minimum atomic E-state index is -0.907. The monoisotopic (exact) mass is 331 g/mol. The quantitative estimate of drug-likeness (QED) is 0.827. The Kier molecular flexibility index (Phi) is 4.55. The lowest BCUT2D eigenvalue weighted by Crippen LogP contribution is -2.42. The Hall–Kier alpha value is -0.690. The molecule has 1 unspecified atom stereocenters. The van der Waals surface area contributed by atoms with Crippen LogP contribution in [0.15, 0.2) is 22.0 Å². The predicted octanol–water partition coefficient (Wildman–Crippen LogP) is 1.79. The molecular weight excluding hydrogens is 318 g/mol. The van der Waals surface area contributed by atoms with Crippen molar-refractivity contribution in [2.24, 2.45) is 0 Å². The van der Waals surface area contributed by atoms with Gasteiger partial charge in [-0.1, -0.05) is 0 Å². The van der Waals surface area contributed by atoms with Crippen molar-refractivity contribution < 1.29 is 14.6 Å². The van der Waals surface area contributed by atoms with E-state index < -0.39 is 5.60 Å². The average Bonchev–Trinajstić information content (AvgIpc) is 2.94. The van der Waals surface area contributed by atoms with Crippen LogP contribution >= 0.6 is 27.3 Å². The number of amides is 1. The third-order valence-electron chi connectivity index (χ3n) is 2.67. The maximum absolute atomic E-state index is 11.6. The van der Waals surface area contributed by atoms with Crippen molar-refractivity contribution in [3.05, 3.63) is 26.9 Å². The van der Waals surface area contributed by atoms with Gasteiger partial charge in [0.2, 0.25) is 5.91 Å². The molecule has 1 fully saturated rings. The number of carbonyl (C=O) groups excluding carboxylic acids is 1. The fourth-order valence-corrected chi connectivity index (χ4v) is 2.95. The number of aliphatic hydroxyl groups is 1. The van der Waals surface area contributed by atoms with Crippen molar-refractivity contribution in [2.75, 3.05) is 19.8 Å². The van der Waals surface area contributed by atoms with Gasteiger partial charge in [0.25, 0.3) is 0 Å². The second-order valence-electron chi connectivity index (χ2n) is 4.22.